The molecule has 4 N–H and O–H groups in total. The standard InChI is InChI=1S/C23H24N8O3S/c1-25-21-18(15-10-26-11-16-17(15)27-12-31(16)2)29-19(20(24)32)22(30-21)28-14-6-4-13(5-7-14)23(8-9-23)35(3,33)34/h4-7,10-12H,8-9H2,1-3H3,(H2,24,32)(H2,25,28,30). The molecule has 0 saturated heterocycles. The number of pyridine rings is 1. The lowest BCUT2D eigenvalue weighted by atomic mass is 10.1. The van der Waals surface area contributed by atoms with Gasteiger partial charge in [-0.25, -0.2) is 23.4 Å². The number of anilines is 3. The van der Waals surface area contributed by atoms with E-state index in [-0.39, 0.29) is 11.5 Å². The molecule has 180 valence electrons. The van der Waals surface area contributed by atoms with Crippen molar-refractivity contribution < 1.29 is 13.2 Å². The van der Waals surface area contributed by atoms with Gasteiger partial charge in [-0.2, -0.15) is 0 Å². The number of aromatic nitrogens is 5. The summed E-state index contributed by atoms with van der Waals surface area (Å²) < 4.78 is 25.5. The van der Waals surface area contributed by atoms with Gasteiger partial charge in [0, 0.05) is 32.2 Å². The third-order valence-electron chi connectivity index (χ3n) is 6.35. The van der Waals surface area contributed by atoms with E-state index < -0.39 is 20.5 Å². The first kappa shape index (κ1) is 22.7. The second kappa shape index (κ2) is 8.01. The first-order valence-electron chi connectivity index (χ1n) is 10.9. The van der Waals surface area contributed by atoms with Gasteiger partial charge in [0.2, 0.25) is 0 Å². The van der Waals surface area contributed by atoms with Crippen LogP contribution in [-0.4, -0.2) is 52.1 Å². The highest BCUT2D eigenvalue weighted by Crippen LogP contribution is 2.52. The number of hydrogen-bond acceptors (Lipinski definition) is 9. The van der Waals surface area contributed by atoms with E-state index in [1.54, 1.807) is 50.0 Å². The van der Waals surface area contributed by atoms with Crippen molar-refractivity contribution in [2.75, 3.05) is 23.9 Å². The minimum absolute atomic E-state index is 0.0502. The number of nitrogens with two attached hydrogens (primary N) is 1. The molecular formula is C23H24N8O3S. The predicted molar refractivity (Wildman–Crippen MR) is 133 cm³/mol. The van der Waals surface area contributed by atoms with E-state index >= 15 is 0 Å². The Morgan fingerprint density at radius 1 is 1.11 bits per heavy atom. The summed E-state index contributed by atoms with van der Waals surface area (Å²) in [5, 5.41) is 6.10. The second-order valence-corrected chi connectivity index (χ2v) is 10.9. The van der Waals surface area contributed by atoms with E-state index in [2.05, 4.69) is 30.6 Å². The number of nitrogens with one attached hydrogen (secondary N) is 2. The molecule has 12 heteroatoms. The molecule has 1 fully saturated rings. The van der Waals surface area contributed by atoms with E-state index in [1.165, 1.54) is 6.26 Å². The molecule has 0 aliphatic heterocycles. The fourth-order valence-electron chi connectivity index (χ4n) is 4.25. The van der Waals surface area contributed by atoms with Crippen molar-refractivity contribution in [2.24, 2.45) is 12.8 Å². The van der Waals surface area contributed by atoms with Crippen LogP contribution in [0.5, 0.6) is 0 Å². The first-order chi connectivity index (χ1) is 16.6. The molecule has 1 aromatic carbocycles. The van der Waals surface area contributed by atoms with Crippen molar-refractivity contribution in [2.45, 2.75) is 17.6 Å². The van der Waals surface area contributed by atoms with Gasteiger partial charge in [0.05, 0.1) is 28.4 Å². The van der Waals surface area contributed by atoms with Crippen molar-refractivity contribution in [3.63, 3.8) is 0 Å². The van der Waals surface area contributed by atoms with Crippen LogP contribution in [0, 0.1) is 0 Å². The fourth-order valence-corrected chi connectivity index (χ4v) is 5.66. The van der Waals surface area contributed by atoms with E-state index in [9.17, 15) is 13.2 Å². The van der Waals surface area contributed by atoms with Gasteiger partial charge in [-0.15, -0.1) is 0 Å². The fraction of sp³-hybridized carbons (Fsp3) is 0.261. The average Bonchev–Trinajstić information content (AvgIpc) is 3.57. The Balaban J connectivity index is 1.55. The number of sulfone groups is 1. The number of carbonyl (C=O) groups excluding carboxylic acids is 1. The first-order valence-corrected chi connectivity index (χ1v) is 12.8. The minimum Gasteiger partial charge on any atom is -0.371 e. The smallest absolute Gasteiger partial charge is 0.271 e. The van der Waals surface area contributed by atoms with Gasteiger partial charge in [0.25, 0.3) is 5.91 Å². The van der Waals surface area contributed by atoms with Crippen molar-refractivity contribution in [3.05, 3.63) is 54.2 Å². The van der Waals surface area contributed by atoms with Crippen molar-refractivity contribution in [1.29, 1.82) is 0 Å². The molecule has 0 unspecified atom stereocenters. The Bertz CT molecular complexity index is 1570. The molecule has 1 saturated carbocycles. The molecule has 1 aliphatic rings. The zero-order chi connectivity index (χ0) is 25.0. The lowest BCUT2D eigenvalue weighted by molar-refractivity contribution is 0.0996. The molecule has 5 rings (SSSR count). The van der Waals surface area contributed by atoms with Crippen LogP contribution < -0.4 is 16.4 Å². The van der Waals surface area contributed by atoms with Gasteiger partial charge in [0.1, 0.15) is 11.2 Å². The average molecular weight is 493 g/mol. The number of aryl methyl sites for hydroxylation is 1. The van der Waals surface area contributed by atoms with Crippen LogP contribution in [0.3, 0.4) is 0 Å². The van der Waals surface area contributed by atoms with Crippen LogP contribution in [0.1, 0.15) is 28.9 Å². The largest absolute Gasteiger partial charge is 0.371 e. The number of nitrogens with zero attached hydrogens (tertiary/aromatic N) is 5. The third-order valence-corrected chi connectivity index (χ3v) is 8.41. The maximum atomic E-state index is 12.3. The molecule has 1 amide bonds. The summed E-state index contributed by atoms with van der Waals surface area (Å²) in [6.45, 7) is 0. The summed E-state index contributed by atoms with van der Waals surface area (Å²) in [4.78, 5) is 30.2. The molecule has 4 aromatic rings. The summed E-state index contributed by atoms with van der Waals surface area (Å²) in [6.07, 6.45) is 7.48. The van der Waals surface area contributed by atoms with Crippen LogP contribution in [0.15, 0.2) is 43.0 Å². The molecule has 35 heavy (non-hydrogen) atoms. The monoisotopic (exact) mass is 492 g/mol. The Kier molecular flexibility index (Phi) is 5.20. The zero-order valence-corrected chi connectivity index (χ0v) is 20.2. The van der Waals surface area contributed by atoms with Crippen molar-refractivity contribution in [1.82, 2.24) is 24.5 Å². The van der Waals surface area contributed by atoms with Gasteiger partial charge in [-0.1, -0.05) is 12.1 Å². The number of benzene rings is 1. The lowest BCUT2D eigenvalue weighted by Crippen LogP contribution is -2.19. The van der Waals surface area contributed by atoms with E-state index in [1.807, 2.05) is 11.6 Å². The van der Waals surface area contributed by atoms with Crippen LogP contribution in [0.25, 0.3) is 22.3 Å². The Morgan fingerprint density at radius 3 is 2.43 bits per heavy atom. The second-order valence-electron chi connectivity index (χ2n) is 8.61. The Labute approximate surface area is 201 Å². The number of imidazole rings is 1. The minimum atomic E-state index is -3.21. The molecule has 11 nitrogen and oxygen atoms in total. The normalized spacial score (nSPS) is 14.6. The van der Waals surface area contributed by atoms with Crippen LogP contribution in [-0.2, 0) is 21.6 Å². The molecule has 0 radical (unpaired) electrons. The van der Waals surface area contributed by atoms with Crippen molar-refractivity contribution in [3.8, 4) is 11.3 Å². The third kappa shape index (κ3) is 3.75. The number of hydrogen-bond donors (Lipinski definition) is 3. The molecule has 0 bridgehead atoms. The highest BCUT2D eigenvalue weighted by Gasteiger charge is 2.53. The molecule has 3 aromatic heterocycles. The summed E-state index contributed by atoms with van der Waals surface area (Å²) in [7, 11) is 0.345. The zero-order valence-electron chi connectivity index (χ0n) is 19.4. The van der Waals surface area contributed by atoms with E-state index in [4.69, 9.17) is 5.73 Å². The van der Waals surface area contributed by atoms with Gasteiger partial charge < -0.3 is 20.9 Å². The lowest BCUT2D eigenvalue weighted by Gasteiger charge is -2.16. The van der Waals surface area contributed by atoms with Crippen molar-refractivity contribution >= 4 is 44.1 Å². The van der Waals surface area contributed by atoms with E-state index in [0.717, 1.165) is 11.1 Å². The summed E-state index contributed by atoms with van der Waals surface area (Å²) in [6, 6.07) is 7.04. The Hall–Kier alpha value is -4.06. The van der Waals surface area contributed by atoms with Crippen LogP contribution in [0.4, 0.5) is 17.3 Å². The molecule has 0 atom stereocenters. The maximum Gasteiger partial charge on any atom is 0.271 e. The quantitative estimate of drug-likeness (QED) is 0.352. The van der Waals surface area contributed by atoms with E-state index in [0.29, 0.717) is 41.1 Å². The summed E-state index contributed by atoms with van der Waals surface area (Å²) in [5.41, 5.74) is 9.43. The van der Waals surface area contributed by atoms with Crippen LogP contribution >= 0.6 is 0 Å². The number of rotatable bonds is 7. The number of carbonyl (C=O) groups is 1. The highest BCUT2D eigenvalue weighted by molar-refractivity contribution is 7.92. The number of amides is 1. The molecular weight excluding hydrogens is 468 g/mol. The molecule has 1 aliphatic carbocycles. The topological polar surface area (TPSA) is 158 Å². The number of primary amides is 1. The van der Waals surface area contributed by atoms with Gasteiger partial charge in [-0.3, -0.25) is 9.78 Å². The summed E-state index contributed by atoms with van der Waals surface area (Å²) >= 11 is 0. The Morgan fingerprint density at radius 2 is 1.83 bits per heavy atom. The van der Waals surface area contributed by atoms with Gasteiger partial charge >= 0.3 is 0 Å². The number of fused-ring (bicyclic) bond motifs is 1. The summed E-state index contributed by atoms with van der Waals surface area (Å²) in [5.74, 6) is -0.178. The van der Waals surface area contributed by atoms with Gasteiger partial charge in [-0.05, 0) is 30.5 Å². The predicted octanol–water partition coefficient (Wildman–Crippen LogP) is 2.34. The molecule has 3 heterocycles. The SMILES string of the molecule is CNc1nc(Nc2ccc(C3(S(C)(=O)=O)CC3)cc2)c(C(N)=O)nc1-c1cncc2c1ncn2C. The van der Waals surface area contributed by atoms with Crippen LogP contribution in [0.2, 0.25) is 0 Å². The highest BCUT2D eigenvalue weighted by atomic mass is 32.2. The van der Waals surface area contributed by atoms with Gasteiger partial charge in [0.15, 0.2) is 27.2 Å². The maximum absolute atomic E-state index is 12.3. The molecule has 0 spiro atoms.